The number of anilines is 2. The van der Waals surface area contributed by atoms with Gasteiger partial charge in [-0.3, -0.25) is 14.8 Å². The molecule has 1 saturated heterocycles. The summed E-state index contributed by atoms with van der Waals surface area (Å²) in [6.07, 6.45) is 5.03. The van der Waals surface area contributed by atoms with E-state index in [1.54, 1.807) is 47.6 Å². The summed E-state index contributed by atoms with van der Waals surface area (Å²) in [6.45, 7) is 4.41. The van der Waals surface area contributed by atoms with Crippen LogP contribution >= 0.6 is 0 Å². The Hall–Kier alpha value is -4.41. The van der Waals surface area contributed by atoms with E-state index in [1.165, 1.54) is 16.4 Å². The molecule has 2 amide bonds. The molecule has 5 rings (SSSR count). The number of rotatable bonds is 5. The summed E-state index contributed by atoms with van der Waals surface area (Å²) in [5.41, 5.74) is 3.82. The topological polar surface area (TPSA) is 98.4 Å². The Morgan fingerprint density at radius 3 is 2.58 bits per heavy atom. The van der Waals surface area contributed by atoms with Crippen molar-refractivity contribution in [3.63, 3.8) is 0 Å². The van der Waals surface area contributed by atoms with Crippen molar-refractivity contribution in [2.45, 2.75) is 19.9 Å². The fourth-order valence-corrected chi connectivity index (χ4v) is 4.60. The molecular weight excluding hydrogens is 457 g/mol. The maximum absolute atomic E-state index is 13.4. The van der Waals surface area contributed by atoms with E-state index in [1.807, 2.05) is 38.1 Å². The molecule has 1 atom stereocenters. The lowest BCUT2D eigenvalue weighted by molar-refractivity contribution is 0.255. The normalized spacial score (nSPS) is 15.6. The molecule has 1 aliphatic heterocycles. The number of methoxy groups -OCH3 is 1. The minimum atomic E-state index is -0.346. The molecule has 3 aromatic heterocycles. The number of carbonyl (C=O) groups excluding carboxylic acids is 1. The molecule has 0 bridgehead atoms. The lowest BCUT2D eigenvalue weighted by atomic mass is 9.85. The van der Waals surface area contributed by atoms with Crippen LogP contribution in [0.1, 0.15) is 12.5 Å². The third-order valence-electron chi connectivity index (χ3n) is 6.34. The Labute approximate surface area is 209 Å². The van der Waals surface area contributed by atoms with Crippen LogP contribution in [0.3, 0.4) is 0 Å². The molecule has 0 aliphatic carbocycles. The lowest BCUT2D eigenvalue weighted by Crippen LogP contribution is -2.34. The van der Waals surface area contributed by atoms with E-state index in [0.717, 1.165) is 22.4 Å². The quantitative estimate of drug-likeness (QED) is 0.405. The maximum Gasteiger partial charge on any atom is 0.353 e. The van der Waals surface area contributed by atoms with Crippen LogP contribution in [0, 0.1) is 6.92 Å². The number of aryl methyl sites for hydroxylation is 1. The van der Waals surface area contributed by atoms with Crippen LogP contribution in [-0.4, -0.2) is 57.9 Å². The van der Waals surface area contributed by atoms with Crippen molar-refractivity contribution >= 4 is 30.8 Å². The third-order valence-corrected chi connectivity index (χ3v) is 6.34. The Morgan fingerprint density at radius 1 is 1.08 bits per heavy atom. The molecule has 36 heavy (non-hydrogen) atoms. The molecule has 0 N–H and O–H groups in total. The standard InChI is InChI=1S/C25H24BN7O3/c1-15-14-31(25(35)32(15)18-6-5-10-27-13-18)22-16(2)19(9-11-28-22)20-8-7-17(12-21(20)26)33-23(36-4)29-30(3)24(33)34/h5-13,15H,14H2,1-4H3/t15-/m0/s1. The number of amides is 2. The SMILES string of the molecule is [B]c1cc(-n2c(OC)nn(C)c2=O)ccc1-c1ccnc(N2C[C@H](C)N(c3cccnc3)C2=O)c1C. The van der Waals surface area contributed by atoms with Gasteiger partial charge < -0.3 is 4.74 Å². The number of benzene rings is 1. The van der Waals surface area contributed by atoms with Crippen molar-refractivity contribution in [1.29, 1.82) is 0 Å². The van der Waals surface area contributed by atoms with E-state index in [2.05, 4.69) is 15.1 Å². The first-order chi connectivity index (χ1) is 17.3. The molecule has 10 nitrogen and oxygen atoms in total. The van der Waals surface area contributed by atoms with Crippen LogP contribution in [-0.2, 0) is 7.05 Å². The molecule has 180 valence electrons. The van der Waals surface area contributed by atoms with Crippen LogP contribution in [0.4, 0.5) is 16.3 Å². The van der Waals surface area contributed by atoms with Crippen LogP contribution in [0.5, 0.6) is 6.01 Å². The average molecular weight is 481 g/mol. The molecule has 1 fully saturated rings. The van der Waals surface area contributed by atoms with E-state index >= 15 is 0 Å². The highest BCUT2D eigenvalue weighted by molar-refractivity contribution is 6.36. The van der Waals surface area contributed by atoms with Gasteiger partial charge in [-0.1, -0.05) is 11.5 Å². The summed E-state index contributed by atoms with van der Waals surface area (Å²) in [7, 11) is 9.46. The Balaban J connectivity index is 1.52. The van der Waals surface area contributed by atoms with Crippen molar-refractivity contribution in [3.05, 3.63) is 71.0 Å². The van der Waals surface area contributed by atoms with Crippen molar-refractivity contribution in [2.24, 2.45) is 7.05 Å². The first-order valence-corrected chi connectivity index (χ1v) is 11.4. The number of pyridine rings is 2. The smallest absolute Gasteiger partial charge is 0.353 e. The molecule has 1 aliphatic rings. The van der Waals surface area contributed by atoms with E-state index < -0.39 is 0 Å². The summed E-state index contributed by atoms with van der Waals surface area (Å²) < 4.78 is 7.79. The van der Waals surface area contributed by atoms with Gasteiger partial charge in [0.05, 0.1) is 30.7 Å². The van der Waals surface area contributed by atoms with E-state index in [0.29, 0.717) is 23.5 Å². The van der Waals surface area contributed by atoms with Gasteiger partial charge in [-0.25, -0.2) is 23.8 Å². The Kier molecular flexibility index (Phi) is 5.83. The monoisotopic (exact) mass is 481 g/mol. The molecule has 4 heterocycles. The van der Waals surface area contributed by atoms with Crippen LogP contribution in [0.25, 0.3) is 16.8 Å². The minimum absolute atomic E-state index is 0.0521. The number of urea groups is 1. The summed E-state index contributed by atoms with van der Waals surface area (Å²) >= 11 is 0. The molecule has 0 saturated carbocycles. The molecular formula is C25H24BN7O3. The fourth-order valence-electron chi connectivity index (χ4n) is 4.60. The second-order valence-electron chi connectivity index (χ2n) is 8.63. The molecule has 0 unspecified atom stereocenters. The summed E-state index contributed by atoms with van der Waals surface area (Å²) in [4.78, 5) is 38.0. The Bertz CT molecular complexity index is 1520. The minimum Gasteiger partial charge on any atom is -0.467 e. The number of hydrogen-bond donors (Lipinski definition) is 0. The van der Waals surface area contributed by atoms with E-state index in [4.69, 9.17) is 12.6 Å². The zero-order valence-corrected chi connectivity index (χ0v) is 20.4. The zero-order chi connectivity index (χ0) is 25.6. The molecule has 1 aromatic carbocycles. The van der Waals surface area contributed by atoms with Crippen LogP contribution in [0.15, 0.2) is 59.8 Å². The van der Waals surface area contributed by atoms with Gasteiger partial charge in [0.15, 0.2) is 0 Å². The van der Waals surface area contributed by atoms with E-state index in [9.17, 15) is 9.59 Å². The molecule has 11 heteroatoms. The highest BCUT2D eigenvalue weighted by Gasteiger charge is 2.38. The van der Waals surface area contributed by atoms with Crippen LogP contribution in [0.2, 0.25) is 0 Å². The van der Waals surface area contributed by atoms with Gasteiger partial charge >= 0.3 is 17.7 Å². The first kappa shape index (κ1) is 23.3. The summed E-state index contributed by atoms with van der Waals surface area (Å²) in [6, 6.07) is 10.8. The summed E-state index contributed by atoms with van der Waals surface area (Å²) in [5.74, 6) is 0.573. The van der Waals surface area contributed by atoms with Crippen molar-refractivity contribution < 1.29 is 9.53 Å². The first-order valence-electron chi connectivity index (χ1n) is 11.4. The number of aromatic nitrogens is 5. The molecule has 2 radical (unpaired) electrons. The van der Waals surface area contributed by atoms with Crippen LogP contribution < -0.4 is 25.7 Å². The van der Waals surface area contributed by atoms with E-state index in [-0.39, 0.29) is 23.8 Å². The van der Waals surface area contributed by atoms with Gasteiger partial charge in [0.25, 0.3) is 0 Å². The fraction of sp³-hybridized carbons (Fsp3) is 0.240. The average Bonchev–Trinajstić information content (AvgIpc) is 3.33. The van der Waals surface area contributed by atoms with Gasteiger partial charge in [-0.05, 0) is 60.9 Å². The van der Waals surface area contributed by atoms with Gasteiger partial charge in [0, 0.05) is 26.0 Å². The maximum atomic E-state index is 13.4. The van der Waals surface area contributed by atoms with Gasteiger partial charge in [0.2, 0.25) is 0 Å². The third kappa shape index (κ3) is 3.73. The predicted molar refractivity (Wildman–Crippen MR) is 138 cm³/mol. The number of carbonyl (C=O) groups is 1. The highest BCUT2D eigenvalue weighted by Crippen LogP contribution is 2.33. The second kappa shape index (κ2) is 8.99. The van der Waals surface area contributed by atoms with Crippen molar-refractivity contribution in [2.75, 3.05) is 23.5 Å². The second-order valence-corrected chi connectivity index (χ2v) is 8.63. The number of ether oxygens (including phenoxy) is 1. The Morgan fingerprint density at radius 2 is 1.89 bits per heavy atom. The summed E-state index contributed by atoms with van der Waals surface area (Å²) in [5, 5.41) is 4.08. The number of hydrogen-bond acceptors (Lipinski definition) is 6. The molecule has 0 spiro atoms. The van der Waals surface area contributed by atoms with Gasteiger partial charge in [-0.15, -0.1) is 5.10 Å². The highest BCUT2D eigenvalue weighted by atomic mass is 16.5. The largest absolute Gasteiger partial charge is 0.467 e. The molecule has 4 aromatic rings. The number of nitrogens with zero attached hydrogens (tertiary/aromatic N) is 7. The predicted octanol–water partition coefficient (Wildman–Crippen LogP) is 1.97. The lowest BCUT2D eigenvalue weighted by Gasteiger charge is -2.21. The van der Waals surface area contributed by atoms with Gasteiger partial charge in [-0.2, -0.15) is 0 Å². The van der Waals surface area contributed by atoms with Crippen molar-refractivity contribution in [3.8, 4) is 22.8 Å². The zero-order valence-electron chi connectivity index (χ0n) is 20.4. The van der Waals surface area contributed by atoms with Crippen molar-refractivity contribution in [1.82, 2.24) is 24.3 Å². The van der Waals surface area contributed by atoms with Gasteiger partial charge in [0.1, 0.15) is 13.7 Å².